The van der Waals surface area contributed by atoms with Crippen LogP contribution < -0.4 is 0 Å². The van der Waals surface area contributed by atoms with Gasteiger partial charge in [-0.25, -0.2) is 4.98 Å². The van der Waals surface area contributed by atoms with E-state index in [1.54, 1.807) is 30.3 Å². The standard InChI is InChI=1S/C17H9F3N2O2/c18-17(19,20)12-6-2-1-5-10(12)15(23)11(9-21)16-22-13-7-3-4-8-14(13)24-16/h1-8,11H/t11-/m0/s1. The number of para-hydroxylation sites is 2. The molecule has 4 nitrogen and oxygen atoms in total. The number of hydrogen-bond donors (Lipinski definition) is 0. The topological polar surface area (TPSA) is 66.9 Å². The van der Waals surface area contributed by atoms with Gasteiger partial charge in [0, 0.05) is 5.56 Å². The molecule has 0 aliphatic rings. The fourth-order valence-corrected chi connectivity index (χ4v) is 2.34. The van der Waals surface area contributed by atoms with Crippen LogP contribution in [-0.4, -0.2) is 10.8 Å². The van der Waals surface area contributed by atoms with Crippen molar-refractivity contribution in [3.05, 3.63) is 65.5 Å². The Labute approximate surface area is 134 Å². The Morgan fingerprint density at radius 3 is 2.46 bits per heavy atom. The Bertz CT molecular complexity index is 921. The molecule has 0 aliphatic heterocycles. The molecule has 1 aromatic heterocycles. The first-order valence-electron chi connectivity index (χ1n) is 6.87. The van der Waals surface area contributed by atoms with Crippen LogP contribution >= 0.6 is 0 Å². The molecule has 0 saturated heterocycles. The van der Waals surface area contributed by atoms with Gasteiger partial charge in [-0.15, -0.1) is 0 Å². The van der Waals surface area contributed by atoms with E-state index in [1.807, 2.05) is 0 Å². The molecule has 0 N–H and O–H groups in total. The van der Waals surface area contributed by atoms with E-state index in [-0.39, 0.29) is 5.89 Å². The number of nitriles is 1. The number of benzene rings is 2. The quantitative estimate of drug-likeness (QED) is 0.670. The van der Waals surface area contributed by atoms with Crippen molar-refractivity contribution in [2.45, 2.75) is 12.1 Å². The fraction of sp³-hybridized carbons (Fsp3) is 0.118. The lowest BCUT2D eigenvalue weighted by atomic mass is 9.94. The number of carbonyl (C=O) groups is 1. The molecule has 0 fully saturated rings. The van der Waals surface area contributed by atoms with Crippen LogP contribution in [0.5, 0.6) is 0 Å². The molecule has 1 heterocycles. The van der Waals surface area contributed by atoms with E-state index in [0.717, 1.165) is 12.1 Å². The molecule has 3 aromatic rings. The van der Waals surface area contributed by atoms with Crippen molar-refractivity contribution >= 4 is 16.9 Å². The van der Waals surface area contributed by atoms with Crippen LogP contribution in [0.15, 0.2) is 52.9 Å². The highest BCUT2D eigenvalue weighted by Crippen LogP contribution is 2.34. The number of hydrogen-bond acceptors (Lipinski definition) is 4. The Kier molecular flexibility index (Phi) is 3.81. The number of ketones is 1. The molecule has 3 rings (SSSR count). The van der Waals surface area contributed by atoms with Crippen LogP contribution in [0.1, 0.15) is 27.7 Å². The van der Waals surface area contributed by atoms with Crippen LogP contribution in [0, 0.1) is 11.3 Å². The Hall–Kier alpha value is -3.14. The van der Waals surface area contributed by atoms with E-state index < -0.39 is 29.0 Å². The maximum atomic E-state index is 13.1. The lowest BCUT2D eigenvalue weighted by Gasteiger charge is -2.12. The van der Waals surface area contributed by atoms with Crippen LogP contribution in [0.2, 0.25) is 0 Å². The van der Waals surface area contributed by atoms with Crippen molar-refractivity contribution < 1.29 is 22.4 Å². The van der Waals surface area contributed by atoms with Crippen molar-refractivity contribution in [3.63, 3.8) is 0 Å². The molecule has 0 bridgehead atoms. The highest BCUT2D eigenvalue weighted by molar-refractivity contribution is 6.03. The maximum Gasteiger partial charge on any atom is 0.417 e. The number of carbonyl (C=O) groups excluding carboxylic acids is 1. The zero-order valence-electron chi connectivity index (χ0n) is 12.0. The van der Waals surface area contributed by atoms with Crippen molar-refractivity contribution in [1.82, 2.24) is 4.98 Å². The van der Waals surface area contributed by atoms with Crippen LogP contribution in [0.3, 0.4) is 0 Å². The molecule has 120 valence electrons. The molecule has 0 radical (unpaired) electrons. The summed E-state index contributed by atoms with van der Waals surface area (Å²) in [5, 5.41) is 9.28. The molecular weight excluding hydrogens is 321 g/mol. The third kappa shape index (κ3) is 2.74. The van der Waals surface area contributed by atoms with Crippen LogP contribution in [-0.2, 0) is 6.18 Å². The minimum atomic E-state index is -4.70. The Morgan fingerprint density at radius 1 is 1.12 bits per heavy atom. The predicted molar refractivity (Wildman–Crippen MR) is 78.1 cm³/mol. The zero-order valence-corrected chi connectivity index (χ0v) is 12.0. The van der Waals surface area contributed by atoms with Gasteiger partial charge in [-0.2, -0.15) is 18.4 Å². The van der Waals surface area contributed by atoms with Gasteiger partial charge in [0.1, 0.15) is 5.52 Å². The summed E-state index contributed by atoms with van der Waals surface area (Å²) in [6, 6.07) is 12.6. The first-order chi connectivity index (χ1) is 11.4. The molecule has 7 heteroatoms. The highest BCUT2D eigenvalue weighted by Gasteiger charge is 2.37. The summed E-state index contributed by atoms with van der Waals surface area (Å²) in [5.41, 5.74) is -0.903. The number of alkyl halides is 3. The number of aromatic nitrogens is 1. The SMILES string of the molecule is N#C[C@@H](C(=O)c1ccccc1C(F)(F)F)c1nc2ccccc2o1. The summed E-state index contributed by atoms with van der Waals surface area (Å²) >= 11 is 0. The molecule has 1 atom stereocenters. The van der Waals surface area contributed by atoms with Gasteiger partial charge in [0.05, 0.1) is 11.6 Å². The van der Waals surface area contributed by atoms with Crippen LogP contribution in [0.25, 0.3) is 11.1 Å². The minimum absolute atomic E-state index is 0.222. The summed E-state index contributed by atoms with van der Waals surface area (Å²) < 4.78 is 44.6. The number of nitrogens with zero attached hydrogens (tertiary/aromatic N) is 2. The molecule has 0 aliphatic carbocycles. The lowest BCUT2D eigenvalue weighted by Crippen LogP contribution is -2.18. The van der Waals surface area contributed by atoms with E-state index in [1.165, 1.54) is 12.1 Å². The summed E-state index contributed by atoms with van der Waals surface area (Å²) in [7, 11) is 0. The van der Waals surface area contributed by atoms with Gasteiger partial charge in [0.2, 0.25) is 5.89 Å². The highest BCUT2D eigenvalue weighted by atomic mass is 19.4. The predicted octanol–water partition coefficient (Wildman–Crippen LogP) is 4.34. The lowest BCUT2D eigenvalue weighted by molar-refractivity contribution is -0.137. The third-order valence-electron chi connectivity index (χ3n) is 3.45. The summed E-state index contributed by atoms with van der Waals surface area (Å²) in [6.07, 6.45) is -4.70. The van der Waals surface area contributed by atoms with Gasteiger partial charge in [0.25, 0.3) is 0 Å². The summed E-state index contributed by atoms with van der Waals surface area (Å²) in [4.78, 5) is 16.5. The normalized spacial score (nSPS) is 12.8. The largest absolute Gasteiger partial charge is 0.439 e. The molecular formula is C17H9F3N2O2. The first kappa shape index (κ1) is 15.7. The smallest absolute Gasteiger partial charge is 0.417 e. The zero-order chi connectivity index (χ0) is 17.3. The summed E-state index contributed by atoms with van der Waals surface area (Å²) in [6.45, 7) is 0. The van der Waals surface area contributed by atoms with Crippen molar-refractivity contribution in [1.29, 1.82) is 5.26 Å². The first-order valence-corrected chi connectivity index (χ1v) is 6.87. The average Bonchev–Trinajstić information content (AvgIpc) is 2.98. The average molecular weight is 330 g/mol. The van der Waals surface area contributed by atoms with Gasteiger partial charge in [-0.1, -0.05) is 30.3 Å². The van der Waals surface area contributed by atoms with E-state index >= 15 is 0 Å². The number of halogens is 3. The van der Waals surface area contributed by atoms with Gasteiger partial charge in [-0.05, 0) is 18.2 Å². The Morgan fingerprint density at radius 2 is 1.79 bits per heavy atom. The second-order valence-corrected chi connectivity index (χ2v) is 4.99. The second-order valence-electron chi connectivity index (χ2n) is 4.99. The van der Waals surface area contributed by atoms with Crippen molar-refractivity contribution in [2.24, 2.45) is 0 Å². The van der Waals surface area contributed by atoms with Gasteiger partial charge >= 0.3 is 6.18 Å². The molecule has 0 saturated carbocycles. The van der Waals surface area contributed by atoms with Gasteiger partial charge < -0.3 is 4.42 Å². The van der Waals surface area contributed by atoms with E-state index in [0.29, 0.717) is 11.1 Å². The maximum absolute atomic E-state index is 13.1. The molecule has 0 spiro atoms. The number of oxazole rings is 1. The molecule has 0 amide bonds. The van der Waals surface area contributed by atoms with Crippen molar-refractivity contribution in [2.75, 3.05) is 0 Å². The van der Waals surface area contributed by atoms with Crippen LogP contribution in [0.4, 0.5) is 13.2 Å². The van der Waals surface area contributed by atoms with Crippen molar-refractivity contribution in [3.8, 4) is 6.07 Å². The number of rotatable bonds is 3. The molecule has 24 heavy (non-hydrogen) atoms. The molecule has 0 unspecified atom stereocenters. The monoisotopic (exact) mass is 330 g/mol. The molecule has 2 aromatic carbocycles. The minimum Gasteiger partial charge on any atom is -0.439 e. The number of Topliss-reactive ketones (excluding diaryl/α,β-unsaturated/α-hetero) is 1. The third-order valence-corrected chi connectivity index (χ3v) is 3.45. The number of fused-ring (bicyclic) bond motifs is 1. The fourth-order valence-electron chi connectivity index (χ4n) is 2.34. The van der Waals surface area contributed by atoms with E-state index in [2.05, 4.69) is 4.98 Å². The second kappa shape index (κ2) is 5.81. The van der Waals surface area contributed by atoms with Gasteiger partial charge in [-0.3, -0.25) is 4.79 Å². The summed E-state index contributed by atoms with van der Waals surface area (Å²) in [5.74, 6) is -2.78. The van der Waals surface area contributed by atoms with E-state index in [4.69, 9.17) is 4.42 Å². The van der Waals surface area contributed by atoms with E-state index in [9.17, 15) is 23.2 Å². The van der Waals surface area contributed by atoms with Gasteiger partial charge in [0.15, 0.2) is 17.3 Å². The Balaban J connectivity index is 2.06.